The van der Waals surface area contributed by atoms with Crippen LogP contribution < -0.4 is 10.2 Å². The van der Waals surface area contributed by atoms with E-state index in [0.29, 0.717) is 17.0 Å². The smallest absolute Gasteiger partial charge is 0.416 e. The van der Waals surface area contributed by atoms with Crippen molar-refractivity contribution in [2.24, 2.45) is 11.8 Å². The number of rotatable bonds is 4. The predicted molar refractivity (Wildman–Crippen MR) is 139 cm³/mol. The Kier molecular flexibility index (Phi) is 7.31. The third-order valence-corrected chi connectivity index (χ3v) is 7.99. The molecule has 2 fully saturated rings. The molecule has 2 heterocycles. The summed E-state index contributed by atoms with van der Waals surface area (Å²) < 4.78 is 87.8. The van der Waals surface area contributed by atoms with Crippen molar-refractivity contribution in [3.8, 4) is 0 Å². The number of anilines is 1. The Morgan fingerprint density at radius 3 is 1.88 bits per heavy atom. The molecule has 2 saturated heterocycles. The minimum absolute atomic E-state index is 0.129. The van der Waals surface area contributed by atoms with Gasteiger partial charge in [0.1, 0.15) is 6.04 Å². The van der Waals surface area contributed by atoms with Crippen LogP contribution in [0, 0.1) is 11.8 Å². The third kappa shape index (κ3) is 4.71. The number of nitrogens with zero attached hydrogens (tertiary/aromatic N) is 1. The molecule has 0 unspecified atom stereocenters. The predicted octanol–water partition coefficient (Wildman–Crippen LogP) is 6.23. The number of carbonyl (C=O) groups excluding carboxylic acids is 3. The van der Waals surface area contributed by atoms with Gasteiger partial charge in [-0.3, -0.25) is 19.7 Å². The number of fused-ring (bicyclic) bond motifs is 1. The third-order valence-electron chi connectivity index (χ3n) is 7.46. The van der Waals surface area contributed by atoms with Gasteiger partial charge in [-0.25, -0.2) is 4.90 Å². The molecule has 3 atom stereocenters. The van der Waals surface area contributed by atoms with Crippen LogP contribution in [0.1, 0.15) is 22.3 Å². The number of imide groups is 1. The van der Waals surface area contributed by atoms with Crippen LogP contribution in [-0.4, -0.2) is 30.9 Å². The van der Waals surface area contributed by atoms with Crippen LogP contribution >= 0.6 is 23.2 Å². The first kappa shape index (κ1) is 29.9. The van der Waals surface area contributed by atoms with Crippen molar-refractivity contribution in [1.29, 1.82) is 0 Å². The molecule has 0 aromatic heterocycles. The highest BCUT2D eigenvalue weighted by Gasteiger charge is 2.68. The number of esters is 1. The summed E-state index contributed by atoms with van der Waals surface area (Å²) in [5, 5.41) is 2.81. The van der Waals surface area contributed by atoms with Crippen molar-refractivity contribution < 1.29 is 45.5 Å². The summed E-state index contributed by atoms with van der Waals surface area (Å²) in [6.07, 6.45) is -9.74. The number of amides is 2. The zero-order valence-electron chi connectivity index (χ0n) is 21.2. The fourth-order valence-corrected chi connectivity index (χ4v) is 6.21. The quantitative estimate of drug-likeness (QED) is 0.210. The lowest BCUT2D eigenvalue weighted by Gasteiger charge is -2.37. The molecule has 5 rings (SSSR count). The summed E-state index contributed by atoms with van der Waals surface area (Å²) in [5.41, 5.74) is -5.30. The lowest BCUT2D eigenvalue weighted by Crippen LogP contribution is -2.52. The average Bonchev–Trinajstić information content (AvgIpc) is 3.42. The zero-order valence-corrected chi connectivity index (χ0v) is 22.7. The second kappa shape index (κ2) is 10.3. The number of nitrogens with one attached hydrogen (secondary N) is 1. The van der Waals surface area contributed by atoms with Crippen LogP contribution in [-0.2, 0) is 37.0 Å². The monoisotopic (exact) mass is 630 g/mol. The van der Waals surface area contributed by atoms with Crippen LogP contribution in [0.25, 0.3) is 0 Å². The van der Waals surface area contributed by atoms with E-state index in [9.17, 15) is 40.7 Å². The lowest BCUT2D eigenvalue weighted by molar-refractivity contribution is -0.145. The first-order valence-electron chi connectivity index (χ1n) is 12.1. The molecular weight excluding hydrogens is 613 g/mol. The summed E-state index contributed by atoms with van der Waals surface area (Å²) in [4.78, 5) is 41.7. The normalized spacial score (nSPS) is 21.9. The maximum absolute atomic E-state index is 14.2. The highest BCUT2D eigenvalue weighted by Crippen LogP contribution is 2.54. The van der Waals surface area contributed by atoms with E-state index in [-0.39, 0.29) is 26.9 Å². The number of alkyl halides is 6. The van der Waals surface area contributed by atoms with Crippen molar-refractivity contribution in [1.82, 2.24) is 5.32 Å². The Bertz CT molecular complexity index is 1550. The van der Waals surface area contributed by atoms with Crippen LogP contribution in [0.3, 0.4) is 0 Å². The Morgan fingerprint density at radius 2 is 1.40 bits per heavy atom. The number of methoxy groups -OCH3 is 1. The molecule has 0 aliphatic carbocycles. The lowest BCUT2D eigenvalue weighted by atomic mass is 9.71. The molecule has 1 N–H and O–H groups in total. The van der Waals surface area contributed by atoms with E-state index >= 15 is 0 Å². The molecule has 3 aromatic rings. The molecule has 2 aliphatic rings. The highest BCUT2D eigenvalue weighted by molar-refractivity contribution is 6.38. The Balaban J connectivity index is 1.83. The fraction of sp³-hybridized carbons (Fsp3) is 0.250. The van der Waals surface area contributed by atoms with Crippen molar-refractivity contribution in [3.05, 3.63) is 99.0 Å². The minimum Gasteiger partial charge on any atom is -0.468 e. The number of halogens is 8. The van der Waals surface area contributed by atoms with Crippen molar-refractivity contribution in [2.75, 3.05) is 12.0 Å². The Hall–Kier alpha value is -3.61. The number of benzene rings is 3. The van der Waals surface area contributed by atoms with E-state index in [2.05, 4.69) is 5.32 Å². The SMILES string of the molecule is COC(=O)[C@@H]1NC(c2cccc(C(F)(F)F)c2)(c2cccc(C(F)(F)F)c2)[C@@H]2C(=O)N(c3ccc(Cl)cc3Cl)C(=O)[C@@H]21. The van der Waals surface area contributed by atoms with E-state index in [1.807, 2.05) is 0 Å². The number of hydrogen-bond donors (Lipinski definition) is 1. The first-order valence-corrected chi connectivity index (χ1v) is 12.9. The Labute approximate surface area is 244 Å². The van der Waals surface area contributed by atoms with Gasteiger partial charge in [0.15, 0.2) is 0 Å². The van der Waals surface area contributed by atoms with Gasteiger partial charge in [0.25, 0.3) is 0 Å². The summed E-state index contributed by atoms with van der Waals surface area (Å²) in [6.45, 7) is 0. The molecular formula is C28H18Cl2F6N2O4. The van der Waals surface area contributed by atoms with E-state index in [0.717, 1.165) is 31.4 Å². The van der Waals surface area contributed by atoms with Gasteiger partial charge >= 0.3 is 18.3 Å². The van der Waals surface area contributed by atoms with Crippen molar-refractivity contribution >= 4 is 46.7 Å². The number of carbonyl (C=O) groups is 3. The summed E-state index contributed by atoms with van der Waals surface area (Å²) in [5.74, 6) is -6.33. The molecule has 3 aromatic carbocycles. The highest BCUT2D eigenvalue weighted by atomic mass is 35.5. The topological polar surface area (TPSA) is 75.7 Å². The van der Waals surface area contributed by atoms with Gasteiger partial charge in [0.05, 0.1) is 46.3 Å². The Morgan fingerprint density at radius 1 is 0.857 bits per heavy atom. The van der Waals surface area contributed by atoms with Gasteiger partial charge < -0.3 is 4.74 Å². The molecule has 2 aliphatic heterocycles. The average molecular weight is 631 g/mol. The van der Waals surface area contributed by atoms with Gasteiger partial charge in [-0.05, 0) is 53.6 Å². The minimum atomic E-state index is -4.87. The summed E-state index contributed by atoms with van der Waals surface area (Å²) in [6, 6.07) is 9.41. The van der Waals surface area contributed by atoms with Crippen LogP contribution in [0.5, 0.6) is 0 Å². The molecule has 0 radical (unpaired) electrons. The van der Waals surface area contributed by atoms with E-state index in [1.165, 1.54) is 30.3 Å². The molecule has 0 saturated carbocycles. The zero-order chi connectivity index (χ0) is 30.8. The summed E-state index contributed by atoms with van der Waals surface area (Å²) >= 11 is 12.2. The molecule has 0 bridgehead atoms. The molecule has 14 heteroatoms. The number of ether oxygens (including phenoxy) is 1. The van der Waals surface area contributed by atoms with Crippen molar-refractivity contribution in [3.63, 3.8) is 0 Å². The maximum Gasteiger partial charge on any atom is 0.416 e. The second-order valence-corrected chi connectivity index (χ2v) is 10.6. The van der Waals surface area contributed by atoms with Gasteiger partial charge in [-0.15, -0.1) is 0 Å². The molecule has 42 heavy (non-hydrogen) atoms. The molecule has 220 valence electrons. The number of hydrogen-bond acceptors (Lipinski definition) is 5. The fourth-order valence-electron chi connectivity index (χ4n) is 5.71. The molecule has 6 nitrogen and oxygen atoms in total. The largest absolute Gasteiger partial charge is 0.468 e. The first-order chi connectivity index (χ1) is 19.6. The van der Waals surface area contributed by atoms with Gasteiger partial charge in [0, 0.05) is 5.02 Å². The van der Waals surface area contributed by atoms with Crippen LogP contribution in [0.2, 0.25) is 10.0 Å². The van der Waals surface area contributed by atoms with Gasteiger partial charge in [-0.2, -0.15) is 26.3 Å². The molecule has 2 amide bonds. The molecule has 0 spiro atoms. The van der Waals surface area contributed by atoms with Crippen molar-refractivity contribution in [2.45, 2.75) is 23.9 Å². The van der Waals surface area contributed by atoms with Crippen LogP contribution in [0.4, 0.5) is 32.0 Å². The maximum atomic E-state index is 14.2. The van der Waals surface area contributed by atoms with E-state index < -0.39 is 64.7 Å². The summed E-state index contributed by atoms with van der Waals surface area (Å²) in [7, 11) is 0.989. The van der Waals surface area contributed by atoms with E-state index in [1.54, 1.807) is 0 Å². The van der Waals surface area contributed by atoms with Crippen LogP contribution in [0.15, 0.2) is 66.7 Å². The van der Waals surface area contributed by atoms with Gasteiger partial charge in [0.2, 0.25) is 11.8 Å². The van der Waals surface area contributed by atoms with Gasteiger partial charge in [-0.1, -0.05) is 47.5 Å². The second-order valence-electron chi connectivity index (χ2n) is 9.72. The standard InChI is InChI=1S/C28H18Cl2F6N2O4/c1-42-25(41)22-20-21(24(40)38(23(20)39)19-9-8-17(29)12-18(19)30)26(37-22,13-4-2-6-15(10-13)27(31,32)33)14-5-3-7-16(11-14)28(34,35)36/h2-12,20-22,37H,1H3/t20-,21-,22+/m0/s1. The van der Waals surface area contributed by atoms with E-state index in [4.69, 9.17) is 27.9 Å².